The van der Waals surface area contributed by atoms with Crippen LogP contribution < -0.4 is 0 Å². The summed E-state index contributed by atoms with van der Waals surface area (Å²) in [4.78, 5) is 1.25. The molecule has 0 spiro atoms. The molecule has 0 aliphatic carbocycles. The van der Waals surface area contributed by atoms with Gasteiger partial charge in [0.25, 0.3) is 0 Å². The number of thiophene rings is 1. The Morgan fingerprint density at radius 3 is 2.87 bits per heavy atom. The van der Waals surface area contributed by atoms with Crippen molar-refractivity contribution in [2.24, 2.45) is 0 Å². The van der Waals surface area contributed by atoms with Gasteiger partial charge in [0.15, 0.2) is 0 Å². The minimum atomic E-state index is -0.213. The summed E-state index contributed by atoms with van der Waals surface area (Å²) in [5, 5.41) is 12.5. The van der Waals surface area contributed by atoms with Gasteiger partial charge in [0.2, 0.25) is 0 Å². The first-order valence-corrected chi connectivity index (χ1v) is 7.86. The van der Waals surface area contributed by atoms with Crippen molar-refractivity contribution in [3.63, 3.8) is 0 Å². The smallest absolute Gasteiger partial charge is 0.0678 e. The Morgan fingerprint density at radius 2 is 2.33 bits per heavy atom. The molecule has 1 aromatic rings. The van der Waals surface area contributed by atoms with Crippen molar-refractivity contribution in [2.45, 2.75) is 38.0 Å². The van der Waals surface area contributed by atoms with Gasteiger partial charge in [-0.05, 0) is 28.4 Å². The normalized spacial score (nSPS) is 15.2. The van der Waals surface area contributed by atoms with Crippen molar-refractivity contribution in [1.29, 1.82) is 0 Å². The summed E-state index contributed by atoms with van der Waals surface area (Å²) in [6.07, 6.45) is 1.73. The second-order valence-electron chi connectivity index (χ2n) is 3.64. The first-order chi connectivity index (χ1) is 7.11. The Hall–Kier alpha value is 0.490. The molecule has 0 amide bonds. The zero-order valence-corrected chi connectivity index (χ0v) is 12.3. The van der Waals surface area contributed by atoms with Gasteiger partial charge < -0.3 is 5.11 Å². The van der Waals surface area contributed by atoms with Crippen molar-refractivity contribution in [3.8, 4) is 0 Å². The molecule has 0 aromatic carbocycles. The summed E-state index contributed by atoms with van der Waals surface area (Å²) in [6, 6.07) is 2.09. The highest BCUT2D eigenvalue weighted by molar-refractivity contribution is 9.10. The third kappa shape index (κ3) is 5.38. The Morgan fingerprint density at radius 1 is 1.60 bits per heavy atom. The number of thioether (sulfide) groups is 1. The molecule has 2 unspecified atom stereocenters. The van der Waals surface area contributed by atoms with Gasteiger partial charge in [-0.2, -0.15) is 11.8 Å². The third-order valence-electron chi connectivity index (χ3n) is 2.21. The zero-order chi connectivity index (χ0) is 11.3. The average Bonchev–Trinajstić information content (AvgIpc) is 2.60. The Balaban J connectivity index is 2.27. The lowest BCUT2D eigenvalue weighted by atomic mass is 10.2. The van der Waals surface area contributed by atoms with Crippen LogP contribution in [0.1, 0.15) is 25.1 Å². The summed E-state index contributed by atoms with van der Waals surface area (Å²) in [5.41, 5.74) is 0. The third-order valence-corrected chi connectivity index (χ3v) is 5.41. The minimum Gasteiger partial charge on any atom is -0.392 e. The quantitative estimate of drug-likeness (QED) is 0.859. The highest BCUT2D eigenvalue weighted by Gasteiger charge is 2.09. The van der Waals surface area contributed by atoms with Crippen LogP contribution in [0.3, 0.4) is 0 Å². The molecule has 1 heterocycles. The van der Waals surface area contributed by atoms with Gasteiger partial charge in [0, 0.05) is 32.2 Å². The predicted molar refractivity (Wildman–Crippen MR) is 73.9 cm³/mol. The van der Waals surface area contributed by atoms with E-state index in [1.165, 1.54) is 11.3 Å². The molecular formula is C11H17BrOS2. The van der Waals surface area contributed by atoms with Gasteiger partial charge in [0.05, 0.1) is 6.10 Å². The molecule has 1 rings (SSSR count). The van der Waals surface area contributed by atoms with E-state index in [0.717, 1.165) is 16.6 Å². The van der Waals surface area contributed by atoms with Gasteiger partial charge >= 0.3 is 0 Å². The highest BCUT2D eigenvalue weighted by atomic mass is 79.9. The molecular weight excluding hydrogens is 292 g/mol. The number of aliphatic hydroxyl groups is 1. The lowest BCUT2D eigenvalue weighted by molar-refractivity contribution is 0.201. The molecule has 0 saturated carbocycles. The number of hydrogen-bond acceptors (Lipinski definition) is 3. The van der Waals surface area contributed by atoms with Crippen molar-refractivity contribution >= 4 is 39.0 Å². The molecule has 1 N–H and O–H groups in total. The van der Waals surface area contributed by atoms with E-state index < -0.39 is 0 Å². The molecule has 2 atom stereocenters. The number of halogens is 1. The highest BCUT2D eigenvalue weighted by Crippen LogP contribution is 2.22. The Bertz CT molecular complexity index is 288. The van der Waals surface area contributed by atoms with Gasteiger partial charge in [-0.15, -0.1) is 11.3 Å². The summed E-state index contributed by atoms with van der Waals surface area (Å²) >= 11 is 6.97. The van der Waals surface area contributed by atoms with Crippen molar-refractivity contribution in [1.82, 2.24) is 0 Å². The Labute approximate surface area is 108 Å². The van der Waals surface area contributed by atoms with Gasteiger partial charge in [-0.1, -0.05) is 13.8 Å². The fourth-order valence-electron chi connectivity index (χ4n) is 1.15. The van der Waals surface area contributed by atoms with Crippen LogP contribution in [0.15, 0.2) is 15.9 Å². The second kappa shape index (κ2) is 6.94. The molecule has 1 nitrogen and oxygen atoms in total. The first-order valence-electron chi connectivity index (χ1n) is 5.14. The van der Waals surface area contributed by atoms with Crippen LogP contribution in [0.25, 0.3) is 0 Å². The van der Waals surface area contributed by atoms with E-state index in [9.17, 15) is 5.11 Å². The summed E-state index contributed by atoms with van der Waals surface area (Å²) in [6.45, 7) is 4.39. The lowest BCUT2D eigenvalue weighted by Crippen LogP contribution is -2.14. The van der Waals surface area contributed by atoms with Gasteiger partial charge in [0.1, 0.15) is 0 Å². The average molecular weight is 309 g/mol. The van der Waals surface area contributed by atoms with Crippen LogP contribution in [0.4, 0.5) is 0 Å². The maximum Gasteiger partial charge on any atom is 0.0678 e. The lowest BCUT2D eigenvalue weighted by Gasteiger charge is -2.12. The molecule has 1 aromatic heterocycles. The van der Waals surface area contributed by atoms with Gasteiger partial charge in [-0.3, -0.25) is 0 Å². The maximum absolute atomic E-state index is 9.83. The minimum absolute atomic E-state index is 0.213. The van der Waals surface area contributed by atoms with Gasteiger partial charge in [-0.25, -0.2) is 0 Å². The SMILES string of the molecule is CCC(C)SCC(O)Cc1cc(Br)cs1. The molecule has 4 heteroatoms. The van der Waals surface area contributed by atoms with Crippen molar-refractivity contribution in [2.75, 3.05) is 5.75 Å². The summed E-state index contributed by atoms with van der Waals surface area (Å²) < 4.78 is 1.12. The fourth-order valence-corrected chi connectivity index (χ4v) is 3.57. The molecule has 0 fully saturated rings. The van der Waals surface area contributed by atoms with E-state index in [4.69, 9.17) is 0 Å². The zero-order valence-electron chi connectivity index (χ0n) is 9.07. The van der Waals surface area contributed by atoms with Crippen LogP contribution in [0, 0.1) is 0 Å². The fraction of sp³-hybridized carbons (Fsp3) is 0.636. The molecule has 0 aliphatic rings. The van der Waals surface area contributed by atoms with E-state index in [0.29, 0.717) is 5.25 Å². The summed E-state index contributed by atoms with van der Waals surface area (Å²) in [5.74, 6) is 0.838. The summed E-state index contributed by atoms with van der Waals surface area (Å²) in [7, 11) is 0. The topological polar surface area (TPSA) is 20.2 Å². The molecule has 0 radical (unpaired) electrons. The second-order valence-corrected chi connectivity index (χ2v) is 7.02. The Kier molecular flexibility index (Phi) is 6.27. The van der Waals surface area contributed by atoms with Crippen molar-refractivity contribution in [3.05, 3.63) is 20.8 Å². The van der Waals surface area contributed by atoms with E-state index in [1.54, 1.807) is 11.3 Å². The maximum atomic E-state index is 9.83. The predicted octanol–water partition coefficient (Wildman–Crippen LogP) is 3.95. The van der Waals surface area contributed by atoms with Crippen LogP contribution in [0.5, 0.6) is 0 Å². The van der Waals surface area contributed by atoms with E-state index in [1.807, 2.05) is 11.8 Å². The monoisotopic (exact) mass is 308 g/mol. The largest absolute Gasteiger partial charge is 0.392 e. The van der Waals surface area contributed by atoms with Crippen molar-refractivity contribution < 1.29 is 5.11 Å². The van der Waals surface area contributed by atoms with Crippen LogP contribution >= 0.6 is 39.0 Å². The van der Waals surface area contributed by atoms with E-state index in [-0.39, 0.29) is 6.10 Å². The van der Waals surface area contributed by atoms with E-state index >= 15 is 0 Å². The first kappa shape index (κ1) is 13.6. The van der Waals surface area contributed by atoms with Crippen LogP contribution in [0.2, 0.25) is 0 Å². The number of hydrogen-bond donors (Lipinski definition) is 1. The van der Waals surface area contributed by atoms with Crippen LogP contribution in [-0.4, -0.2) is 22.2 Å². The number of aliphatic hydroxyl groups excluding tert-OH is 1. The molecule has 0 aliphatic heterocycles. The molecule has 0 saturated heterocycles. The van der Waals surface area contributed by atoms with Crippen LogP contribution in [-0.2, 0) is 6.42 Å². The van der Waals surface area contributed by atoms with E-state index in [2.05, 4.69) is 41.2 Å². The molecule has 0 bridgehead atoms. The molecule has 15 heavy (non-hydrogen) atoms. The standard InChI is InChI=1S/C11H17BrOS2/c1-3-8(2)14-7-10(13)5-11-4-9(12)6-15-11/h4,6,8,10,13H,3,5,7H2,1-2H3. The molecule has 86 valence electrons. The number of rotatable bonds is 6.